The number of nitrogens with two attached hydrogens (primary N) is 1. The molecule has 3 nitrogen and oxygen atoms in total. The average Bonchev–Trinajstić information content (AvgIpc) is 2.70. The molecule has 1 unspecified atom stereocenters. The quantitative estimate of drug-likeness (QED) is 0.754. The van der Waals surface area contributed by atoms with Gasteiger partial charge in [0.15, 0.2) is 0 Å². The summed E-state index contributed by atoms with van der Waals surface area (Å²) in [6.45, 7) is 1.92. The van der Waals surface area contributed by atoms with Gasteiger partial charge in [0.2, 0.25) is 5.91 Å². The van der Waals surface area contributed by atoms with E-state index in [1.165, 1.54) is 0 Å². The van der Waals surface area contributed by atoms with Gasteiger partial charge in [0, 0.05) is 11.3 Å². The fourth-order valence-corrected chi connectivity index (χ4v) is 1.88. The lowest BCUT2D eigenvalue weighted by molar-refractivity contribution is -0.122. The van der Waals surface area contributed by atoms with Crippen molar-refractivity contribution >= 4 is 17.2 Å². The minimum absolute atomic E-state index is 0.0127. The van der Waals surface area contributed by atoms with Crippen molar-refractivity contribution < 1.29 is 4.79 Å². The number of carbonyl (C=O) groups excluding carboxylic acids is 1. The van der Waals surface area contributed by atoms with E-state index in [4.69, 9.17) is 12.2 Å². The Bertz CT molecular complexity index is 353. The van der Waals surface area contributed by atoms with Gasteiger partial charge in [0.1, 0.15) is 0 Å². The molecule has 0 aliphatic carbocycles. The molecular weight excluding hydrogens is 208 g/mol. The van der Waals surface area contributed by atoms with Crippen LogP contribution in [-0.2, 0) is 4.79 Å². The molecule has 1 aromatic heterocycles. The summed E-state index contributed by atoms with van der Waals surface area (Å²) >= 11 is 1.60. The van der Waals surface area contributed by atoms with Crippen molar-refractivity contribution in [3.05, 3.63) is 22.4 Å². The van der Waals surface area contributed by atoms with E-state index in [0.717, 1.165) is 4.88 Å². The number of hydrogen-bond donors (Lipinski definition) is 2. The molecule has 0 bridgehead atoms. The molecule has 1 heterocycles. The summed E-state index contributed by atoms with van der Waals surface area (Å²) in [4.78, 5) is 12.6. The maximum Gasteiger partial charge on any atom is 0.238 e. The monoisotopic (exact) mass is 222 g/mol. The van der Waals surface area contributed by atoms with Crippen LogP contribution in [0.3, 0.4) is 0 Å². The second-order valence-electron chi connectivity index (χ2n) is 3.26. The third-order valence-corrected chi connectivity index (χ3v) is 3.06. The maximum atomic E-state index is 11.5. The topological polar surface area (TPSA) is 55.1 Å². The Hall–Kier alpha value is -1.31. The Kier molecular flexibility index (Phi) is 4.35. The molecule has 0 aliphatic rings. The Labute approximate surface area is 93.7 Å². The van der Waals surface area contributed by atoms with Crippen molar-refractivity contribution in [3.63, 3.8) is 0 Å². The van der Waals surface area contributed by atoms with Crippen LogP contribution in [0.25, 0.3) is 0 Å². The molecule has 0 saturated carbocycles. The van der Waals surface area contributed by atoms with Gasteiger partial charge in [0.25, 0.3) is 0 Å². The zero-order chi connectivity index (χ0) is 11.3. The summed E-state index contributed by atoms with van der Waals surface area (Å²) in [5.74, 6) is 2.17. The van der Waals surface area contributed by atoms with E-state index in [1.54, 1.807) is 11.3 Å². The lowest BCUT2D eigenvalue weighted by atomic mass is 10.2. The largest absolute Gasteiger partial charge is 0.347 e. The number of terminal acetylenes is 1. The molecule has 4 heteroatoms. The van der Waals surface area contributed by atoms with Crippen molar-refractivity contribution in [2.75, 3.05) is 0 Å². The molecule has 15 heavy (non-hydrogen) atoms. The molecular formula is C11H14N2OS. The number of rotatable bonds is 4. The predicted octanol–water partition coefficient (Wildman–Crippen LogP) is 1.28. The van der Waals surface area contributed by atoms with Gasteiger partial charge >= 0.3 is 0 Å². The normalized spacial score (nSPS) is 13.9. The van der Waals surface area contributed by atoms with Gasteiger partial charge in [-0.3, -0.25) is 4.79 Å². The smallest absolute Gasteiger partial charge is 0.238 e. The highest BCUT2D eigenvalue weighted by atomic mass is 32.1. The Balaban J connectivity index is 2.49. The van der Waals surface area contributed by atoms with Crippen LogP contribution < -0.4 is 11.1 Å². The van der Waals surface area contributed by atoms with E-state index >= 15 is 0 Å². The Morgan fingerprint density at radius 2 is 2.53 bits per heavy atom. The molecule has 0 radical (unpaired) electrons. The molecule has 0 saturated heterocycles. The number of carbonyl (C=O) groups is 1. The van der Waals surface area contributed by atoms with Gasteiger partial charge in [-0.2, -0.15) is 0 Å². The molecule has 1 aromatic rings. The first-order valence-electron chi connectivity index (χ1n) is 4.68. The molecule has 2 atom stereocenters. The SMILES string of the molecule is C#CCC(N)C(=O)N[C@@H](C)c1cccs1. The molecule has 0 spiro atoms. The zero-order valence-corrected chi connectivity index (χ0v) is 9.38. The van der Waals surface area contributed by atoms with Crippen LogP contribution in [0, 0.1) is 12.3 Å². The van der Waals surface area contributed by atoms with Crippen LogP contribution in [0.15, 0.2) is 17.5 Å². The number of nitrogens with one attached hydrogen (secondary N) is 1. The summed E-state index contributed by atoms with van der Waals surface area (Å²) in [6, 6.07) is 3.30. The summed E-state index contributed by atoms with van der Waals surface area (Å²) in [5, 5.41) is 4.79. The first-order valence-corrected chi connectivity index (χ1v) is 5.56. The van der Waals surface area contributed by atoms with Gasteiger partial charge in [0.05, 0.1) is 12.1 Å². The van der Waals surface area contributed by atoms with E-state index in [9.17, 15) is 4.79 Å². The number of thiophene rings is 1. The van der Waals surface area contributed by atoms with E-state index in [2.05, 4.69) is 11.2 Å². The van der Waals surface area contributed by atoms with Crippen LogP contribution in [0.4, 0.5) is 0 Å². The molecule has 0 aliphatic heterocycles. The van der Waals surface area contributed by atoms with Crippen molar-refractivity contribution in [2.45, 2.75) is 25.4 Å². The fraction of sp³-hybridized carbons (Fsp3) is 0.364. The third-order valence-electron chi connectivity index (χ3n) is 2.00. The van der Waals surface area contributed by atoms with Crippen molar-refractivity contribution in [3.8, 4) is 12.3 Å². The molecule has 1 rings (SSSR count). The van der Waals surface area contributed by atoms with Crippen molar-refractivity contribution in [2.24, 2.45) is 5.73 Å². The van der Waals surface area contributed by atoms with E-state index < -0.39 is 6.04 Å². The number of hydrogen-bond acceptors (Lipinski definition) is 3. The van der Waals surface area contributed by atoms with E-state index in [-0.39, 0.29) is 18.4 Å². The summed E-state index contributed by atoms with van der Waals surface area (Å²) in [5.41, 5.74) is 5.58. The molecule has 3 N–H and O–H groups in total. The Morgan fingerprint density at radius 3 is 3.07 bits per heavy atom. The van der Waals surface area contributed by atoms with Gasteiger partial charge in [-0.25, -0.2) is 0 Å². The Morgan fingerprint density at radius 1 is 1.80 bits per heavy atom. The molecule has 80 valence electrons. The highest BCUT2D eigenvalue weighted by Gasteiger charge is 2.15. The van der Waals surface area contributed by atoms with Gasteiger partial charge in [-0.05, 0) is 18.4 Å². The highest BCUT2D eigenvalue weighted by molar-refractivity contribution is 7.10. The summed E-state index contributed by atoms with van der Waals surface area (Å²) < 4.78 is 0. The average molecular weight is 222 g/mol. The lowest BCUT2D eigenvalue weighted by Crippen LogP contribution is -2.41. The second-order valence-corrected chi connectivity index (χ2v) is 4.24. The van der Waals surface area contributed by atoms with Gasteiger partial charge < -0.3 is 11.1 Å². The van der Waals surface area contributed by atoms with Crippen LogP contribution in [0.2, 0.25) is 0 Å². The molecule has 0 fully saturated rings. The van der Waals surface area contributed by atoms with Crippen LogP contribution in [-0.4, -0.2) is 11.9 Å². The summed E-state index contributed by atoms with van der Waals surface area (Å²) in [6.07, 6.45) is 5.35. The van der Waals surface area contributed by atoms with Crippen molar-refractivity contribution in [1.29, 1.82) is 0 Å². The standard InChI is InChI=1S/C11H14N2OS/c1-3-5-9(12)11(14)13-8(2)10-6-4-7-15-10/h1,4,6-9H,5,12H2,2H3,(H,13,14)/t8-,9?/m0/s1. The fourth-order valence-electron chi connectivity index (χ4n) is 1.15. The predicted molar refractivity (Wildman–Crippen MR) is 62.3 cm³/mol. The van der Waals surface area contributed by atoms with Crippen molar-refractivity contribution in [1.82, 2.24) is 5.32 Å². The molecule has 0 aromatic carbocycles. The van der Waals surface area contributed by atoms with Crippen LogP contribution in [0.5, 0.6) is 0 Å². The first kappa shape index (κ1) is 11.8. The summed E-state index contributed by atoms with van der Waals surface area (Å²) in [7, 11) is 0. The molecule has 1 amide bonds. The van der Waals surface area contributed by atoms with E-state index in [1.807, 2.05) is 24.4 Å². The van der Waals surface area contributed by atoms with Gasteiger partial charge in [-0.1, -0.05) is 6.07 Å². The maximum absolute atomic E-state index is 11.5. The lowest BCUT2D eigenvalue weighted by Gasteiger charge is -2.15. The zero-order valence-electron chi connectivity index (χ0n) is 8.57. The third kappa shape index (κ3) is 3.39. The minimum atomic E-state index is -0.614. The van der Waals surface area contributed by atoms with Gasteiger partial charge in [-0.15, -0.1) is 23.7 Å². The van der Waals surface area contributed by atoms with Crippen LogP contribution >= 0.6 is 11.3 Å². The number of amides is 1. The highest BCUT2D eigenvalue weighted by Crippen LogP contribution is 2.17. The van der Waals surface area contributed by atoms with Crippen LogP contribution in [0.1, 0.15) is 24.3 Å². The first-order chi connectivity index (χ1) is 7.15. The van der Waals surface area contributed by atoms with E-state index in [0.29, 0.717) is 0 Å². The second kappa shape index (κ2) is 5.54. The minimum Gasteiger partial charge on any atom is -0.347 e.